The topological polar surface area (TPSA) is 49.8 Å². The number of likely N-dealkylation sites (tertiary alicyclic amines) is 1. The minimum atomic E-state index is -1.06. The predicted octanol–water partition coefficient (Wildman–Crippen LogP) is 2.90. The normalized spacial score (nSPS) is 21.9. The molecule has 110 valence electrons. The molecule has 1 aromatic carbocycles. The van der Waals surface area contributed by atoms with E-state index in [1.165, 1.54) is 0 Å². The van der Waals surface area contributed by atoms with Gasteiger partial charge in [-0.15, -0.1) is 0 Å². The Labute approximate surface area is 120 Å². The van der Waals surface area contributed by atoms with Gasteiger partial charge in [0.05, 0.1) is 6.04 Å². The summed E-state index contributed by atoms with van der Waals surface area (Å²) in [7, 11) is 0. The summed E-state index contributed by atoms with van der Waals surface area (Å²) >= 11 is 0. The largest absolute Gasteiger partial charge is 0.444 e. The van der Waals surface area contributed by atoms with Gasteiger partial charge in [0.25, 0.3) is 0 Å². The van der Waals surface area contributed by atoms with Crippen LogP contribution >= 0.6 is 0 Å². The van der Waals surface area contributed by atoms with E-state index >= 15 is 0 Å². The van der Waals surface area contributed by atoms with Crippen molar-refractivity contribution in [3.8, 4) is 0 Å². The molecule has 2 atom stereocenters. The van der Waals surface area contributed by atoms with E-state index in [4.69, 9.17) is 4.74 Å². The molecule has 0 saturated carbocycles. The van der Waals surface area contributed by atoms with E-state index < -0.39 is 11.2 Å². The highest BCUT2D eigenvalue weighted by Crippen LogP contribution is 2.36. The Morgan fingerprint density at radius 3 is 2.30 bits per heavy atom. The zero-order valence-corrected chi connectivity index (χ0v) is 12.6. The van der Waals surface area contributed by atoms with Crippen LogP contribution < -0.4 is 0 Å². The van der Waals surface area contributed by atoms with Crippen molar-refractivity contribution in [2.24, 2.45) is 0 Å². The van der Waals surface area contributed by atoms with Crippen molar-refractivity contribution in [1.29, 1.82) is 0 Å². The third kappa shape index (κ3) is 2.96. The van der Waals surface area contributed by atoms with Gasteiger partial charge in [0.1, 0.15) is 11.2 Å². The van der Waals surface area contributed by atoms with Gasteiger partial charge in [-0.25, -0.2) is 4.79 Å². The summed E-state index contributed by atoms with van der Waals surface area (Å²) in [4.78, 5) is 13.7. The van der Waals surface area contributed by atoms with Gasteiger partial charge < -0.3 is 14.7 Å². The summed E-state index contributed by atoms with van der Waals surface area (Å²) in [6, 6.07) is 9.21. The lowest BCUT2D eigenvalue weighted by atomic mass is 9.81. The standard InChI is InChI=1S/C16H23NO3/c1-15(2,3)20-14(18)17-11-10-13(17)16(4,19)12-8-6-5-7-9-12/h5-9,13,19H,10-11H2,1-4H3/t13-,16+/m0/s1. The average molecular weight is 277 g/mol. The Morgan fingerprint density at radius 1 is 1.25 bits per heavy atom. The fourth-order valence-electron chi connectivity index (χ4n) is 2.48. The quantitative estimate of drug-likeness (QED) is 0.904. The van der Waals surface area contributed by atoms with Crippen LogP contribution in [0.25, 0.3) is 0 Å². The zero-order valence-electron chi connectivity index (χ0n) is 12.6. The Bertz CT molecular complexity index is 476. The summed E-state index contributed by atoms with van der Waals surface area (Å²) in [6.07, 6.45) is 0.422. The van der Waals surface area contributed by atoms with Gasteiger partial charge in [-0.05, 0) is 39.7 Å². The fourth-order valence-corrected chi connectivity index (χ4v) is 2.48. The van der Waals surface area contributed by atoms with Crippen LogP contribution in [-0.2, 0) is 10.3 Å². The SMILES string of the molecule is CC(C)(C)OC(=O)N1CC[C@H]1[C@](C)(O)c1ccccc1. The summed E-state index contributed by atoms with van der Waals surface area (Å²) in [5.41, 5.74) is -0.759. The van der Waals surface area contributed by atoms with Crippen molar-refractivity contribution in [1.82, 2.24) is 4.90 Å². The molecule has 2 rings (SSSR count). The average Bonchev–Trinajstić information content (AvgIpc) is 2.25. The molecule has 4 nitrogen and oxygen atoms in total. The van der Waals surface area contributed by atoms with Gasteiger partial charge >= 0.3 is 6.09 Å². The van der Waals surface area contributed by atoms with Crippen LogP contribution in [0.1, 0.15) is 39.7 Å². The highest BCUT2D eigenvalue weighted by atomic mass is 16.6. The number of nitrogens with zero attached hydrogens (tertiary/aromatic N) is 1. The molecule has 1 aliphatic heterocycles. The fraction of sp³-hybridized carbons (Fsp3) is 0.562. The van der Waals surface area contributed by atoms with Crippen LogP contribution in [0.3, 0.4) is 0 Å². The van der Waals surface area contributed by atoms with Crippen LogP contribution in [0.5, 0.6) is 0 Å². The number of carbonyl (C=O) groups is 1. The van der Waals surface area contributed by atoms with E-state index in [1.807, 2.05) is 51.1 Å². The molecule has 0 aliphatic carbocycles. The second-order valence-electron chi connectivity index (χ2n) is 6.49. The second-order valence-corrected chi connectivity index (χ2v) is 6.49. The zero-order chi connectivity index (χ0) is 15.0. The van der Waals surface area contributed by atoms with E-state index in [0.29, 0.717) is 6.54 Å². The first-order chi connectivity index (χ1) is 9.22. The van der Waals surface area contributed by atoms with Gasteiger partial charge in [0, 0.05) is 6.54 Å². The minimum Gasteiger partial charge on any atom is -0.444 e. The number of rotatable bonds is 2. The molecule has 1 heterocycles. The van der Waals surface area contributed by atoms with Gasteiger partial charge in [-0.1, -0.05) is 30.3 Å². The lowest BCUT2D eigenvalue weighted by molar-refractivity contribution is -0.0890. The van der Waals surface area contributed by atoms with E-state index in [-0.39, 0.29) is 12.1 Å². The maximum atomic E-state index is 12.1. The lowest BCUT2D eigenvalue weighted by Gasteiger charge is -2.48. The summed E-state index contributed by atoms with van der Waals surface area (Å²) in [6.45, 7) is 7.91. The Kier molecular flexibility index (Phi) is 3.78. The van der Waals surface area contributed by atoms with Crippen molar-refractivity contribution < 1.29 is 14.6 Å². The molecule has 0 aromatic heterocycles. The van der Waals surface area contributed by atoms with Crippen LogP contribution in [0, 0.1) is 0 Å². The van der Waals surface area contributed by atoms with Crippen LogP contribution in [0.2, 0.25) is 0 Å². The smallest absolute Gasteiger partial charge is 0.410 e. The van der Waals surface area contributed by atoms with E-state index in [2.05, 4.69) is 0 Å². The first-order valence-electron chi connectivity index (χ1n) is 6.99. The highest BCUT2D eigenvalue weighted by Gasteiger charge is 2.46. The van der Waals surface area contributed by atoms with Crippen molar-refractivity contribution in [2.45, 2.75) is 51.4 Å². The number of hydrogen-bond acceptors (Lipinski definition) is 3. The predicted molar refractivity (Wildman–Crippen MR) is 77.4 cm³/mol. The Balaban J connectivity index is 2.12. The molecule has 1 aliphatic rings. The number of amides is 1. The molecule has 1 aromatic rings. The van der Waals surface area contributed by atoms with Crippen molar-refractivity contribution >= 4 is 6.09 Å². The molecule has 1 fully saturated rings. The van der Waals surface area contributed by atoms with E-state index in [9.17, 15) is 9.90 Å². The minimum absolute atomic E-state index is 0.236. The summed E-state index contributed by atoms with van der Waals surface area (Å²) in [5.74, 6) is 0. The number of aliphatic hydroxyl groups is 1. The van der Waals surface area contributed by atoms with E-state index in [1.54, 1.807) is 11.8 Å². The van der Waals surface area contributed by atoms with Gasteiger partial charge in [0.15, 0.2) is 0 Å². The number of benzene rings is 1. The summed E-state index contributed by atoms with van der Waals surface area (Å²) in [5, 5.41) is 10.8. The van der Waals surface area contributed by atoms with Crippen molar-refractivity contribution in [3.63, 3.8) is 0 Å². The van der Waals surface area contributed by atoms with Gasteiger partial charge in [-0.3, -0.25) is 0 Å². The molecular weight excluding hydrogens is 254 g/mol. The molecule has 0 radical (unpaired) electrons. The third-order valence-electron chi connectivity index (χ3n) is 3.65. The Morgan fingerprint density at radius 2 is 1.85 bits per heavy atom. The lowest BCUT2D eigenvalue weighted by Crippen LogP contribution is -2.61. The van der Waals surface area contributed by atoms with Gasteiger partial charge in [0.2, 0.25) is 0 Å². The maximum Gasteiger partial charge on any atom is 0.410 e. The van der Waals surface area contributed by atoms with Crippen LogP contribution in [-0.4, -0.2) is 34.3 Å². The monoisotopic (exact) mass is 277 g/mol. The number of ether oxygens (including phenoxy) is 1. The number of carbonyl (C=O) groups excluding carboxylic acids is 1. The van der Waals surface area contributed by atoms with Crippen molar-refractivity contribution in [3.05, 3.63) is 35.9 Å². The molecule has 1 N–H and O–H groups in total. The van der Waals surface area contributed by atoms with Crippen LogP contribution in [0.15, 0.2) is 30.3 Å². The highest BCUT2D eigenvalue weighted by molar-refractivity contribution is 5.70. The maximum absolute atomic E-state index is 12.1. The molecule has 1 saturated heterocycles. The molecule has 0 bridgehead atoms. The third-order valence-corrected chi connectivity index (χ3v) is 3.65. The molecule has 0 unspecified atom stereocenters. The molecular formula is C16H23NO3. The van der Waals surface area contributed by atoms with Crippen molar-refractivity contribution in [2.75, 3.05) is 6.54 Å². The molecule has 4 heteroatoms. The second kappa shape index (κ2) is 5.09. The Hall–Kier alpha value is -1.55. The van der Waals surface area contributed by atoms with E-state index in [0.717, 1.165) is 12.0 Å². The number of hydrogen-bond donors (Lipinski definition) is 1. The molecule has 1 amide bonds. The van der Waals surface area contributed by atoms with Crippen LogP contribution in [0.4, 0.5) is 4.79 Å². The summed E-state index contributed by atoms with van der Waals surface area (Å²) < 4.78 is 5.38. The molecule has 0 spiro atoms. The first-order valence-corrected chi connectivity index (χ1v) is 6.99. The van der Waals surface area contributed by atoms with Gasteiger partial charge in [-0.2, -0.15) is 0 Å². The molecule has 20 heavy (non-hydrogen) atoms. The first kappa shape index (κ1) is 14.9.